The van der Waals surface area contributed by atoms with Crippen molar-refractivity contribution < 1.29 is 18.7 Å². The van der Waals surface area contributed by atoms with Crippen LogP contribution in [0.4, 0.5) is 9.39 Å². The SMILES string of the molecule is CCOC(=O)c1c(-c2ccc(Cl)cc2)csc1NC(=O)Cc1ccc(F)cc1. The van der Waals surface area contributed by atoms with Crippen molar-refractivity contribution in [3.8, 4) is 11.1 Å². The van der Waals surface area contributed by atoms with Crippen molar-refractivity contribution in [3.63, 3.8) is 0 Å². The molecule has 1 amide bonds. The van der Waals surface area contributed by atoms with Gasteiger partial charge >= 0.3 is 5.97 Å². The Morgan fingerprint density at radius 3 is 2.43 bits per heavy atom. The van der Waals surface area contributed by atoms with Crippen LogP contribution in [0, 0.1) is 5.82 Å². The summed E-state index contributed by atoms with van der Waals surface area (Å²) in [5.74, 6) is -1.17. The summed E-state index contributed by atoms with van der Waals surface area (Å²) in [6.45, 7) is 1.94. The van der Waals surface area contributed by atoms with Crippen LogP contribution in [0.15, 0.2) is 53.9 Å². The molecule has 7 heteroatoms. The second-order valence-electron chi connectivity index (χ2n) is 5.93. The highest BCUT2D eigenvalue weighted by molar-refractivity contribution is 7.15. The van der Waals surface area contributed by atoms with E-state index in [9.17, 15) is 14.0 Å². The highest BCUT2D eigenvalue weighted by Gasteiger charge is 2.22. The lowest BCUT2D eigenvalue weighted by Gasteiger charge is -2.09. The predicted molar refractivity (Wildman–Crippen MR) is 109 cm³/mol. The van der Waals surface area contributed by atoms with Gasteiger partial charge in [0, 0.05) is 16.0 Å². The molecule has 3 aromatic rings. The molecule has 2 aromatic carbocycles. The number of esters is 1. The maximum atomic E-state index is 13.0. The van der Waals surface area contributed by atoms with Crippen LogP contribution >= 0.6 is 22.9 Å². The van der Waals surface area contributed by atoms with Crippen LogP contribution < -0.4 is 5.32 Å². The van der Waals surface area contributed by atoms with E-state index in [1.54, 1.807) is 48.7 Å². The highest BCUT2D eigenvalue weighted by Crippen LogP contribution is 2.36. The summed E-state index contributed by atoms with van der Waals surface area (Å²) in [5, 5.41) is 5.57. The first kappa shape index (κ1) is 20.0. The normalized spacial score (nSPS) is 10.5. The summed E-state index contributed by atoms with van der Waals surface area (Å²) in [7, 11) is 0. The van der Waals surface area contributed by atoms with Crippen molar-refractivity contribution >= 4 is 39.8 Å². The lowest BCUT2D eigenvalue weighted by Crippen LogP contribution is -2.16. The van der Waals surface area contributed by atoms with Crippen molar-refractivity contribution in [2.75, 3.05) is 11.9 Å². The van der Waals surface area contributed by atoms with Crippen molar-refractivity contribution in [3.05, 3.63) is 75.9 Å². The standard InChI is InChI=1S/C21H17ClFNO3S/c1-2-27-21(26)19-17(14-5-7-15(22)8-6-14)12-28-20(19)24-18(25)11-13-3-9-16(23)10-4-13/h3-10,12H,2,11H2,1H3,(H,24,25). The molecule has 0 atom stereocenters. The Labute approximate surface area is 170 Å². The predicted octanol–water partition coefficient (Wildman–Crippen LogP) is 5.57. The van der Waals surface area contributed by atoms with Gasteiger partial charge in [0.05, 0.1) is 13.0 Å². The molecular formula is C21H17ClFNO3S. The average Bonchev–Trinajstić information content (AvgIpc) is 3.08. The molecule has 1 N–H and O–H groups in total. The molecular weight excluding hydrogens is 401 g/mol. The molecule has 0 aliphatic rings. The Morgan fingerprint density at radius 2 is 1.79 bits per heavy atom. The van der Waals surface area contributed by atoms with Crippen molar-refractivity contribution in [2.45, 2.75) is 13.3 Å². The fourth-order valence-electron chi connectivity index (χ4n) is 2.66. The molecule has 1 aromatic heterocycles. The van der Waals surface area contributed by atoms with Gasteiger partial charge in [0.15, 0.2) is 0 Å². The van der Waals surface area contributed by atoms with Gasteiger partial charge in [-0.25, -0.2) is 9.18 Å². The van der Waals surface area contributed by atoms with Crippen molar-refractivity contribution in [1.82, 2.24) is 0 Å². The van der Waals surface area contributed by atoms with Crippen LogP contribution in [0.1, 0.15) is 22.8 Å². The first-order valence-electron chi connectivity index (χ1n) is 8.56. The molecule has 1 heterocycles. The summed E-state index contributed by atoms with van der Waals surface area (Å²) in [5.41, 5.74) is 2.44. The number of hydrogen-bond acceptors (Lipinski definition) is 4. The van der Waals surface area contributed by atoms with E-state index in [1.807, 2.05) is 0 Å². The van der Waals surface area contributed by atoms with E-state index in [1.165, 1.54) is 23.5 Å². The molecule has 28 heavy (non-hydrogen) atoms. The number of ether oxygens (including phenoxy) is 1. The van der Waals surface area contributed by atoms with Crippen LogP contribution in [0.25, 0.3) is 11.1 Å². The smallest absolute Gasteiger partial charge is 0.341 e. The van der Waals surface area contributed by atoms with Gasteiger partial charge in [-0.3, -0.25) is 4.79 Å². The maximum Gasteiger partial charge on any atom is 0.341 e. The fraction of sp³-hybridized carbons (Fsp3) is 0.143. The zero-order valence-electron chi connectivity index (χ0n) is 15.0. The number of halogens is 2. The Bertz CT molecular complexity index is 984. The van der Waals surface area contributed by atoms with Gasteiger partial charge in [0.25, 0.3) is 0 Å². The van der Waals surface area contributed by atoms with E-state index in [2.05, 4.69) is 5.32 Å². The number of thiophene rings is 1. The Hall–Kier alpha value is -2.70. The quantitative estimate of drug-likeness (QED) is 0.534. The summed E-state index contributed by atoms with van der Waals surface area (Å²) in [6.07, 6.45) is 0.0662. The van der Waals surface area contributed by atoms with Gasteiger partial charge in [-0.05, 0) is 42.3 Å². The summed E-state index contributed by atoms with van der Waals surface area (Å²) < 4.78 is 18.2. The first-order chi connectivity index (χ1) is 13.5. The zero-order valence-corrected chi connectivity index (χ0v) is 16.6. The summed E-state index contributed by atoms with van der Waals surface area (Å²) in [4.78, 5) is 25.0. The van der Waals surface area contributed by atoms with Crippen LogP contribution in [-0.4, -0.2) is 18.5 Å². The van der Waals surface area contributed by atoms with Gasteiger partial charge in [0.2, 0.25) is 5.91 Å². The number of amides is 1. The molecule has 0 aliphatic carbocycles. The number of nitrogens with one attached hydrogen (secondary N) is 1. The van der Waals surface area contributed by atoms with Crippen LogP contribution in [0.3, 0.4) is 0 Å². The topological polar surface area (TPSA) is 55.4 Å². The molecule has 0 spiro atoms. The molecule has 0 bridgehead atoms. The van der Waals surface area contributed by atoms with E-state index in [4.69, 9.17) is 16.3 Å². The van der Waals surface area contributed by atoms with E-state index >= 15 is 0 Å². The third-order valence-electron chi connectivity index (χ3n) is 3.96. The average molecular weight is 418 g/mol. The lowest BCUT2D eigenvalue weighted by molar-refractivity contribution is -0.115. The number of hydrogen-bond donors (Lipinski definition) is 1. The number of carbonyl (C=O) groups excluding carboxylic acids is 2. The minimum absolute atomic E-state index is 0.0662. The number of carbonyl (C=O) groups is 2. The van der Waals surface area contributed by atoms with E-state index < -0.39 is 5.97 Å². The van der Waals surface area contributed by atoms with Gasteiger partial charge in [-0.1, -0.05) is 35.9 Å². The summed E-state index contributed by atoms with van der Waals surface area (Å²) in [6, 6.07) is 12.8. The van der Waals surface area contributed by atoms with Crippen LogP contribution in [0.2, 0.25) is 5.02 Å². The summed E-state index contributed by atoms with van der Waals surface area (Å²) >= 11 is 7.19. The third kappa shape index (κ3) is 4.77. The molecule has 0 unspecified atom stereocenters. The Kier molecular flexibility index (Phi) is 6.44. The van der Waals surface area contributed by atoms with Gasteiger partial charge in [-0.15, -0.1) is 11.3 Å². The van der Waals surface area contributed by atoms with Crippen molar-refractivity contribution in [1.29, 1.82) is 0 Å². The molecule has 3 rings (SSSR count). The van der Waals surface area contributed by atoms with Crippen LogP contribution in [-0.2, 0) is 16.0 Å². The molecule has 0 radical (unpaired) electrons. The number of rotatable bonds is 6. The van der Waals surface area contributed by atoms with E-state index in [0.717, 1.165) is 5.56 Å². The highest BCUT2D eigenvalue weighted by atomic mass is 35.5. The molecule has 144 valence electrons. The molecule has 4 nitrogen and oxygen atoms in total. The molecule has 0 aliphatic heterocycles. The van der Waals surface area contributed by atoms with E-state index in [-0.39, 0.29) is 24.8 Å². The zero-order chi connectivity index (χ0) is 20.1. The second kappa shape index (κ2) is 8.99. The second-order valence-corrected chi connectivity index (χ2v) is 7.25. The minimum atomic E-state index is -0.509. The number of benzene rings is 2. The molecule has 0 saturated heterocycles. The third-order valence-corrected chi connectivity index (χ3v) is 5.10. The van der Waals surface area contributed by atoms with E-state index in [0.29, 0.717) is 26.7 Å². The molecule has 0 saturated carbocycles. The molecule has 0 fully saturated rings. The van der Waals surface area contributed by atoms with Gasteiger partial charge in [-0.2, -0.15) is 0 Å². The minimum Gasteiger partial charge on any atom is -0.462 e. The van der Waals surface area contributed by atoms with Gasteiger partial charge < -0.3 is 10.1 Å². The maximum absolute atomic E-state index is 13.0. The van der Waals surface area contributed by atoms with Crippen LogP contribution in [0.5, 0.6) is 0 Å². The van der Waals surface area contributed by atoms with Gasteiger partial charge in [0.1, 0.15) is 16.4 Å². The Balaban J connectivity index is 1.87. The number of anilines is 1. The monoisotopic (exact) mass is 417 g/mol. The Morgan fingerprint density at radius 1 is 1.11 bits per heavy atom. The first-order valence-corrected chi connectivity index (χ1v) is 9.82. The van der Waals surface area contributed by atoms with Crippen molar-refractivity contribution in [2.24, 2.45) is 0 Å². The fourth-order valence-corrected chi connectivity index (χ4v) is 3.76. The largest absolute Gasteiger partial charge is 0.462 e. The lowest BCUT2D eigenvalue weighted by atomic mass is 10.0.